The lowest BCUT2D eigenvalue weighted by Gasteiger charge is -2.16. The molecular formula is C15H16BrNO2. The fraction of sp³-hybridized carbons (Fsp3) is 0.267. The molecule has 1 aromatic heterocycles. The number of hydrogen-bond acceptors (Lipinski definition) is 2. The van der Waals surface area contributed by atoms with Crippen LogP contribution in [0.1, 0.15) is 41.1 Å². The summed E-state index contributed by atoms with van der Waals surface area (Å²) in [7, 11) is 0. The first-order valence-corrected chi connectivity index (χ1v) is 7.02. The van der Waals surface area contributed by atoms with Gasteiger partial charge in [0, 0.05) is 0 Å². The molecule has 0 aliphatic carbocycles. The molecule has 100 valence electrons. The van der Waals surface area contributed by atoms with Crippen molar-refractivity contribution in [3.8, 4) is 0 Å². The molecule has 1 amide bonds. The van der Waals surface area contributed by atoms with Crippen molar-refractivity contribution in [1.29, 1.82) is 0 Å². The molecule has 0 aliphatic heterocycles. The summed E-state index contributed by atoms with van der Waals surface area (Å²) >= 11 is 3.19. The SMILES string of the molecule is CC[C@@H](NC(=O)c1ccc(Br)o1)c1ccc(C)cc1. The molecule has 1 heterocycles. The number of furan rings is 1. The third-order valence-electron chi connectivity index (χ3n) is 2.99. The Kier molecular flexibility index (Phi) is 4.43. The predicted octanol–water partition coefficient (Wildman–Crippen LogP) is 4.23. The number of carbonyl (C=O) groups excluding carboxylic acids is 1. The highest BCUT2D eigenvalue weighted by Crippen LogP contribution is 2.19. The summed E-state index contributed by atoms with van der Waals surface area (Å²) in [6.45, 7) is 4.09. The summed E-state index contributed by atoms with van der Waals surface area (Å²) in [5, 5.41) is 2.98. The molecule has 0 spiro atoms. The highest BCUT2D eigenvalue weighted by atomic mass is 79.9. The van der Waals surface area contributed by atoms with Crippen LogP contribution in [-0.4, -0.2) is 5.91 Å². The number of aryl methyl sites for hydroxylation is 1. The van der Waals surface area contributed by atoms with Crippen molar-refractivity contribution in [2.75, 3.05) is 0 Å². The van der Waals surface area contributed by atoms with Crippen molar-refractivity contribution in [1.82, 2.24) is 5.32 Å². The number of carbonyl (C=O) groups is 1. The molecule has 19 heavy (non-hydrogen) atoms. The molecule has 0 bridgehead atoms. The van der Waals surface area contributed by atoms with E-state index in [-0.39, 0.29) is 11.9 Å². The van der Waals surface area contributed by atoms with E-state index < -0.39 is 0 Å². The lowest BCUT2D eigenvalue weighted by atomic mass is 10.0. The first-order valence-electron chi connectivity index (χ1n) is 6.23. The van der Waals surface area contributed by atoms with Gasteiger partial charge in [-0.2, -0.15) is 0 Å². The minimum atomic E-state index is -0.196. The third-order valence-corrected chi connectivity index (χ3v) is 3.42. The number of nitrogens with one attached hydrogen (secondary N) is 1. The lowest BCUT2D eigenvalue weighted by Crippen LogP contribution is -2.27. The van der Waals surface area contributed by atoms with Crippen LogP contribution in [0.4, 0.5) is 0 Å². The van der Waals surface area contributed by atoms with Crippen molar-refractivity contribution >= 4 is 21.8 Å². The van der Waals surface area contributed by atoms with Crippen LogP contribution in [0, 0.1) is 6.92 Å². The second-order valence-corrected chi connectivity index (χ2v) is 5.23. The zero-order chi connectivity index (χ0) is 13.8. The Morgan fingerprint density at radius 1 is 1.26 bits per heavy atom. The standard InChI is InChI=1S/C15H16BrNO2/c1-3-12(11-6-4-10(2)5-7-11)17-15(18)13-8-9-14(16)19-13/h4-9,12H,3H2,1-2H3,(H,17,18)/t12-/m1/s1. The van der Waals surface area contributed by atoms with Gasteiger partial charge in [-0.3, -0.25) is 4.79 Å². The average Bonchev–Trinajstić information content (AvgIpc) is 2.84. The maximum Gasteiger partial charge on any atom is 0.287 e. The summed E-state index contributed by atoms with van der Waals surface area (Å²) in [5.74, 6) is 0.121. The number of hydrogen-bond donors (Lipinski definition) is 1. The van der Waals surface area contributed by atoms with Crippen molar-refractivity contribution in [3.05, 3.63) is 58.0 Å². The molecule has 2 aromatic rings. The maximum absolute atomic E-state index is 12.0. The summed E-state index contributed by atoms with van der Waals surface area (Å²) < 4.78 is 5.81. The van der Waals surface area contributed by atoms with Gasteiger partial charge in [0.05, 0.1) is 6.04 Å². The largest absolute Gasteiger partial charge is 0.444 e. The molecule has 2 rings (SSSR count). The van der Waals surface area contributed by atoms with Crippen molar-refractivity contribution in [2.24, 2.45) is 0 Å². The fourth-order valence-corrected chi connectivity index (χ4v) is 2.19. The molecule has 1 atom stereocenters. The van der Waals surface area contributed by atoms with Crippen LogP contribution >= 0.6 is 15.9 Å². The zero-order valence-corrected chi connectivity index (χ0v) is 12.5. The highest BCUT2D eigenvalue weighted by molar-refractivity contribution is 9.10. The van der Waals surface area contributed by atoms with E-state index in [4.69, 9.17) is 4.42 Å². The highest BCUT2D eigenvalue weighted by Gasteiger charge is 2.16. The van der Waals surface area contributed by atoms with Crippen LogP contribution in [0.5, 0.6) is 0 Å². The van der Waals surface area contributed by atoms with Crippen molar-refractivity contribution in [2.45, 2.75) is 26.3 Å². The van der Waals surface area contributed by atoms with Gasteiger partial charge in [0.1, 0.15) is 0 Å². The maximum atomic E-state index is 12.0. The van der Waals surface area contributed by atoms with Crippen molar-refractivity contribution < 1.29 is 9.21 Å². The van der Waals surface area contributed by atoms with Gasteiger partial charge < -0.3 is 9.73 Å². The van der Waals surface area contributed by atoms with Gasteiger partial charge in [-0.15, -0.1) is 0 Å². The quantitative estimate of drug-likeness (QED) is 0.915. The Morgan fingerprint density at radius 3 is 2.47 bits per heavy atom. The van der Waals surface area contributed by atoms with E-state index >= 15 is 0 Å². The molecular weight excluding hydrogens is 306 g/mol. The Balaban J connectivity index is 2.11. The Morgan fingerprint density at radius 2 is 1.95 bits per heavy atom. The van der Waals surface area contributed by atoms with Crippen LogP contribution in [0.15, 0.2) is 45.5 Å². The molecule has 1 N–H and O–H groups in total. The molecule has 1 aromatic carbocycles. The van der Waals surface area contributed by atoms with E-state index in [9.17, 15) is 4.79 Å². The number of rotatable bonds is 4. The lowest BCUT2D eigenvalue weighted by molar-refractivity contribution is 0.0906. The Bertz CT molecular complexity index is 560. The summed E-state index contributed by atoms with van der Waals surface area (Å²) in [6.07, 6.45) is 0.830. The minimum Gasteiger partial charge on any atom is -0.444 e. The first kappa shape index (κ1) is 13.9. The van der Waals surface area contributed by atoms with E-state index in [0.29, 0.717) is 10.4 Å². The molecule has 3 nitrogen and oxygen atoms in total. The van der Waals surface area contributed by atoms with Gasteiger partial charge in [0.25, 0.3) is 5.91 Å². The average molecular weight is 322 g/mol. The van der Waals surface area contributed by atoms with Gasteiger partial charge in [-0.1, -0.05) is 36.8 Å². The summed E-state index contributed by atoms with van der Waals surface area (Å²) in [5.41, 5.74) is 2.31. The smallest absolute Gasteiger partial charge is 0.287 e. The number of benzene rings is 1. The summed E-state index contributed by atoms with van der Waals surface area (Å²) in [4.78, 5) is 12.0. The van der Waals surface area contributed by atoms with Crippen LogP contribution in [0.2, 0.25) is 0 Å². The topological polar surface area (TPSA) is 42.2 Å². The normalized spacial score (nSPS) is 12.2. The van der Waals surface area contributed by atoms with E-state index in [1.54, 1.807) is 12.1 Å². The zero-order valence-electron chi connectivity index (χ0n) is 10.9. The molecule has 0 aliphatic rings. The van der Waals surface area contributed by atoms with E-state index in [1.165, 1.54) is 5.56 Å². The van der Waals surface area contributed by atoms with Crippen molar-refractivity contribution in [3.63, 3.8) is 0 Å². The monoisotopic (exact) mass is 321 g/mol. The predicted molar refractivity (Wildman–Crippen MR) is 78.1 cm³/mol. The van der Waals surface area contributed by atoms with E-state index in [0.717, 1.165) is 12.0 Å². The van der Waals surface area contributed by atoms with Gasteiger partial charge >= 0.3 is 0 Å². The van der Waals surface area contributed by atoms with Gasteiger partial charge in [-0.05, 0) is 47.0 Å². The van der Waals surface area contributed by atoms with Crippen LogP contribution in [0.3, 0.4) is 0 Å². The molecule has 0 radical (unpaired) electrons. The molecule has 0 saturated heterocycles. The van der Waals surface area contributed by atoms with E-state index in [2.05, 4.69) is 21.2 Å². The molecule has 0 unspecified atom stereocenters. The Labute approximate surface area is 121 Å². The fourth-order valence-electron chi connectivity index (χ4n) is 1.89. The van der Waals surface area contributed by atoms with Crippen LogP contribution in [0.25, 0.3) is 0 Å². The minimum absolute atomic E-state index is 0.00280. The Hall–Kier alpha value is -1.55. The second kappa shape index (κ2) is 6.06. The van der Waals surface area contributed by atoms with Gasteiger partial charge in [-0.25, -0.2) is 0 Å². The molecule has 4 heteroatoms. The van der Waals surface area contributed by atoms with Crippen LogP contribution in [-0.2, 0) is 0 Å². The summed E-state index contributed by atoms with van der Waals surface area (Å²) in [6, 6.07) is 11.5. The molecule has 0 saturated carbocycles. The first-order chi connectivity index (χ1) is 9.10. The number of amides is 1. The van der Waals surface area contributed by atoms with Crippen LogP contribution < -0.4 is 5.32 Å². The van der Waals surface area contributed by atoms with Gasteiger partial charge in [0.2, 0.25) is 0 Å². The van der Waals surface area contributed by atoms with Gasteiger partial charge in [0.15, 0.2) is 10.4 Å². The molecule has 0 fully saturated rings. The third kappa shape index (κ3) is 3.47. The second-order valence-electron chi connectivity index (χ2n) is 4.45. The van der Waals surface area contributed by atoms with E-state index in [1.807, 2.05) is 38.1 Å². The number of halogens is 1.